The summed E-state index contributed by atoms with van der Waals surface area (Å²) in [4.78, 5) is 27.5. The van der Waals surface area contributed by atoms with Crippen molar-refractivity contribution in [2.75, 3.05) is 17.6 Å². The molecule has 1 atom stereocenters. The molecule has 0 fully saturated rings. The lowest BCUT2D eigenvalue weighted by atomic mass is 10.00. The van der Waals surface area contributed by atoms with Crippen molar-refractivity contribution in [2.24, 2.45) is 0 Å². The highest BCUT2D eigenvalue weighted by atomic mass is 32.2. The minimum absolute atomic E-state index is 0.0550. The number of amides is 2. The number of thioether (sulfide) groups is 1. The lowest BCUT2D eigenvalue weighted by Crippen LogP contribution is -2.36. The Labute approximate surface area is 181 Å². The third kappa shape index (κ3) is 4.25. The van der Waals surface area contributed by atoms with Gasteiger partial charge in [-0.3, -0.25) is 9.59 Å². The molecule has 2 heterocycles. The van der Waals surface area contributed by atoms with Gasteiger partial charge in [0.2, 0.25) is 11.8 Å². The molecule has 6 nitrogen and oxygen atoms in total. The zero-order valence-electron chi connectivity index (χ0n) is 16.8. The highest BCUT2D eigenvalue weighted by Gasteiger charge is 2.28. The lowest BCUT2D eigenvalue weighted by molar-refractivity contribution is -0.131. The number of benzene rings is 2. The third-order valence-electron chi connectivity index (χ3n) is 5.57. The highest BCUT2D eigenvalue weighted by Crippen LogP contribution is 2.38. The summed E-state index contributed by atoms with van der Waals surface area (Å²) in [5.74, 6) is -0.507. The van der Waals surface area contributed by atoms with Gasteiger partial charge >= 0.3 is 0 Å². The average Bonchev–Trinajstić information content (AvgIpc) is 2.76. The van der Waals surface area contributed by atoms with Crippen molar-refractivity contribution in [3.8, 4) is 0 Å². The maximum absolute atomic E-state index is 12.8. The highest BCUT2D eigenvalue weighted by molar-refractivity contribution is 8.01. The molecule has 8 heteroatoms. The first kappa shape index (κ1) is 20.9. The van der Waals surface area contributed by atoms with Crippen molar-refractivity contribution in [3.05, 3.63) is 53.6 Å². The van der Waals surface area contributed by atoms with E-state index in [2.05, 4.69) is 11.4 Å². The van der Waals surface area contributed by atoms with Crippen LogP contribution in [0.2, 0.25) is 0 Å². The molecule has 0 bridgehead atoms. The van der Waals surface area contributed by atoms with Crippen LogP contribution in [-0.4, -0.2) is 42.7 Å². The second kappa shape index (κ2) is 8.43. The maximum Gasteiger partial charge on any atom is 0.237 e. The maximum atomic E-state index is 12.8. The Balaban J connectivity index is 1.42. The van der Waals surface area contributed by atoms with E-state index in [4.69, 9.17) is 0 Å². The minimum Gasteiger partial charge on any atom is -0.338 e. The summed E-state index contributed by atoms with van der Waals surface area (Å²) in [7, 11) is -3.63. The largest absolute Gasteiger partial charge is 0.338 e. The molecule has 2 aromatic rings. The predicted octanol–water partition coefficient (Wildman–Crippen LogP) is 3.26. The Morgan fingerprint density at radius 1 is 1.20 bits per heavy atom. The minimum atomic E-state index is -3.63. The van der Waals surface area contributed by atoms with Crippen molar-refractivity contribution in [1.82, 2.24) is 4.90 Å². The predicted molar refractivity (Wildman–Crippen MR) is 117 cm³/mol. The Morgan fingerprint density at radius 3 is 2.73 bits per heavy atom. The van der Waals surface area contributed by atoms with Crippen LogP contribution in [0.3, 0.4) is 0 Å². The smallest absolute Gasteiger partial charge is 0.237 e. The third-order valence-corrected chi connectivity index (χ3v) is 8.72. The molecule has 0 unspecified atom stereocenters. The molecular weight excluding hydrogens is 420 g/mol. The summed E-state index contributed by atoms with van der Waals surface area (Å²) >= 11 is 1.45. The van der Waals surface area contributed by atoms with Crippen LogP contribution in [0.15, 0.2) is 52.3 Å². The van der Waals surface area contributed by atoms with Gasteiger partial charge in [0.1, 0.15) is 0 Å². The number of nitrogens with zero attached hydrogens (tertiary/aromatic N) is 1. The van der Waals surface area contributed by atoms with Gasteiger partial charge in [0.15, 0.2) is 9.84 Å². The standard InChI is InChI=1S/C22H24N2O4S2/c1-2-19-22(26)23-18-13-17(7-8-20(18)29-19)30(27,28)12-10-21(25)24-11-9-15-5-3-4-6-16(15)14-24/h3-8,13,19H,2,9-12,14H2,1H3,(H,23,26)/t19-/m0/s1. The molecule has 0 saturated heterocycles. The van der Waals surface area contributed by atoms with E-state index in [-0.39, 0.29) is 34.1 Å². The number of anilines is 1. The Morgan fingerprint density at radius 2 is 1.97 bits per heavy atom. The first-order valence-electron chi connectivity index (χ1n) is 10.1. The number of rotatable bonds is 5. The van der Waals surface area contributed by atoms with E-state index < -0.39 is 9.84 Å². The molecule has 0 radical (unpaired) electrons. The second-order valence-corrected chi connectivity index (χ2v) is 10.9. The Bertz CT molecular complexity index is 1100. The van der Waals surface area contributed by atoms with E-state index in [0.717, 1.165) is 16.9 Å². The molecular formula is C22H24N2O4S2. The fraction of sp³-hybridized carbons (Fsp3) is 0.364. The molecule has 158 valence electrons. The van der Waals surface area contributed by atoms with E-state index >= 15 is 0 Å². The summed E-state index contributed by atoms with van der Waals surface area (Å²) in [6, 6.07) is 12.8. The fourth-order valence-electron chi connectivity index (χ4n) is 3.80. The average molecular weight is 445 g/mol. The van der Waals surface area contributed by atoms with Crippen LogP contribution in [0.1, 0.15) is 30.9 Å². The zero-order valence-corrected chi connectivity index (χ0v) is 18.4. The molecule has 0 spiro atoms. The molecule has 2 aliphatic rings. The summed E-state index contributed by atoms with van der Waals surface area (Å²) in [6.45, 7) is 3.07. The molecule has 30 heavy (non-hydrogen) atoms. The van der Waals surface area contributed by atoms with Crippen molar-refractivity contribution in [1.29, 1.82) is 0 Å². The van der Waals surface area contributed by atoms with Crippen molar-refractivity contribution >= 4 is 39.1 Å². The summed E-state index contributed by atoms with van der Waals surface area (Å²) in [5, 5.41) is 2.64. The number of carbonyl (C=O) groups is 2. The molecule has 2 amide bonds. The quantitative estimate of drug-likeness (QED) is 0.765. The summed E-state index contributed by atoms with van der Waals surface area (Å²) in [5.41, 5.74) is 2.89. The molecule has 0 saturated carbocycles. The molecule has 0 aromatic heterocycles. The van der Waals surface area contributed by atoms with Crippen LogP contribution >= 0.6 is 11.8 Å². The van der Waals surface area contributed by atoms with E-state index in [0.29, 0.717) is 25.2 Å². The number of hydrogen-bond donors (Lipinski definition) is 1. The van der Waals surface area contributed by atoms with Gasteiger partial charge in [-0.15, -0.1) is 11.8 Å². The van der Waals surface area contributed by atoms with Gasteiger partial charge in [0.25, 0.3) is 0 Å². The Kier molecular flexibility index (Phi) is 5.88. The number of carbonyl (C=O) groups excluding carboxylic acids is 2. The van der Waals surface area contributed by atoms with Crippen LogP contribution in [0.4, 0.5) is 5.69 Å². The van der Waals surface area contributed by atoms with Gasteiger partial charge in [-0.2, -0.15) is 0 Å². The van der Waals surface area contributed by atoms with Gasteiger partial charge in [-0.1, -0.05) is 31.2 Å². The molecule has 2 aromatic carbocycles. The Hall–Kier alpha value is -2.32. The SMILES string of the molecule is CC[C@@H]1Sc2ccc(S(=O)(=O)CCC(=O)N3CCc4ccccc4C3)cc2NC1=O. The fourth-order valence-corrected chi connectivity index (χ4v) is 6.07. The first-order chi connectivity index (χ1) is 14.4. The van der Waals surface area contributed by atoms with Crippen molar-refractivity contribution in [2.45, 2.75) is 47.8 Å². The monoisotopic (exact) mass is 444 g/mol. The number of sulfone groups is 1. The summed E-state index contributed by atoms with van der Waals surface area (Å²) < 4.78 is 25.6. The van der Waals surface area contributed by atoms with Crippen molar-refractivity contribution < 1.29 is 18.0 Å². The second-order valence-electron chi connectivity index (χ2n) is 7.56. The zero-order chi connectivity index (χ0) is 21.3. The van der Waals surface area contributed by atoms with E-state index in [1.54, 1.807) is 17.0 Å². The van der Waals surface area contributed by atoms with Gasteiger partial charge in [0, 0.05) is 24.4 Å². The number of nitrogens with one attached hydrogen (secondary N) is 1. The first-order valence-corrected chi connectivity index (χ1v) is 12.6. The van der Waals surface area contributed by atoms with Crippen LogP contribution in [0.5, 0.6) is 0 Å². The van der Waals surface area contributed by atoms with Crippen LogP contribution in [0.25, 0.3) is 0 Å². The van der Waals surface area contributed by atoms with Gasteiger partial charge in [-0.25, -0.2) is 8.42 Å². The van der Waals surface area contributed by atoms with E-state index in [9.17, 15) is 18.0 Å². The van der Waals surface area contributed by atoms with Crippen molar-refractivity contribution in [3.63, 3.8) is 0 Å². The topological polar surface area (TPSA) is 83.6 Å². The number of hydrogen-bond acceptors (Lipinski definition) is 5. The van der Waals surface area contributed by atoms with Crippen LogP contribution in [-0.2, 0) is 32.4 Å². The lowest BCUT2D eigenvalue weighted by Gasteiger charge is -2.29. The molecule has 0 aliphatic carbocycles. The van der Waals surface area contributed by atoms with Gasteiger partial charge in [0.05, 0.1) is 21.6 Å². The normalized spacial score (nSPS) is 18.4. The van der Waals surface area contributed by atoms with E-state index in [1.807, 2.05) is 25.1 Å². The van der Waals surface area contributed by atoms with Crippen LogP contribution < -0.4 is 5.32 Å². The molecule has 2 aliphatic heterocycles. The summed E-state index contributed by atoms with van der Waals surface area (Å²) in [6.07, 6.45) is 1.44. The van der Waals surface area contributed by atoms with Gasteiger partial charge < -0.3 is 10.2 Å². The van der Waals surface area contributed by atoms with E-state index in [1.165, 1.54) is 23.4 Å². The molecule has 4 rings (SSSR count). The number of fused-ring (bicyclic) bond motifs is 2. The molecule has 1 N–H and O–H groups in total. The van der Waals surface area contributed by atoms with Gasteiger partial charge in [-0.05, 0) is 42.2 Å². The van der Waals surface area contributed by atoms with Crippen LogP contribution in [0, 0.1) is 0 Å².